The molecule has 1 heterocycles. The van der Waals surface area contributed by atoms with Crippen LogP contribution >= 0.6 is 0 Å². The summed E-state index contributed by atoms with van der Waals surface area (Å²) < 4.78 is 60.2. The molecule has 152 valence electrons. The summed E-state index contributed by atoms with van der Waals surface area (Å²) in [7, 11) is -7.36. The highest BCUT2D eigenvalue weighted by molar-refractivity contribution is 7.93. The van der Waals surface area contributed by atoms with E-state index in [4.69, 9.17) is 4.74 Å². The van der Waals surface area contributed by atoms with Crippen LogP contribution in [-0.4, -0.2) is 35.7 Å². The Labute approximate surface area is 166 Å². The van der Waals surface area contributed by atoms with E-state index < -0.39 is 20.0 Å². The highest BCUT2D eigenvalue weighted by Crippen LogP contribution is 2.31. The van der Waals surface area contributed by atoms with E-state index >= 15 is 0 Å². The van der Waals surface area contributed by atoms with E-state index in [1.807, 2.05) is 6.92 Å². The molecular weight excluding hydrogens is 400 g/mol. The van der Waals surface area contributed by atoms with Gasteiger partial charge in [-0.05, 0) is 56.5 Å². The number of anilines is 2. The van der Waals surface area contributed by atoms with Crippen molar-refractivity contribution in [2.45, 2.75) is 31.6 Å². The van der Waals surface area contributed by atoms with Crippen LogP contribution in [0.3, 0.4) is 0 Å². The maximum atomic E-state index is 13.0. The molecule has 0 radical (unpaired) electrons. The van der Waals surface area contributed by atoms with E-state index in [1.165, 1.54) is 10.4 Å². The Hall–Kier alpha value is -2.26. The number of para-hydroxylation sites is 2. The van der Waals surface area contributed by atoms with E-state index in [2.05, 4.69) is 4.72 Å². The summed E-state index contributed by atoms with van der Waals surface area (Å²) in [5.74, 6) is 0.504. The molecule has 0 saturated carbocycles. The second-order valence-electron chi connectivity index (χ2n) is 6.58. The van der Waals surface area contributed by atoms with Gasteiger partial charge in [-0.2, -0.15) is 0 Å². The van der Waals surface area contributed by atoms with Crippen LogP contribution in [0.2, 0.25) is 0 Å². The average molecular weight is 425 g/mol. The molecule has 0 spiro atoms. The molecule has 9 heteroatoms. The lowest BCUT2D eigenvalue weighted by atomic mass is 10.2. The molecular formula is C19H24N2O5S2. The third-order valence-electron chi connectivity index (χ3n) is 4.53. The summed E-state index contributed by atoms with van der Waals surface area (Å²) in [5.41, 5.74) is 1.23. The lowest BCUT2D eigenvalue weighted by Crippen LogP contribution is -2.38. The predicted molar refractivity (Wildman–Crippen MR) is 110 cm³/mol. The van der Waals surface area contributed by atoms with E-state index in [1.54, 1.807) is 43.3 Å². The van der Waals surface area contributed by atoms with Crippen LogP contribution in [0.15, 0.2) is 47.4 Å². The van der Waals surface area contributed by atoms with Gasteiger partial charge in [-0.15, -0.1) is 0 Å². The minimum atomic E-state index is -3.93. The Morgan fingerprint density at radius 3 is 2.61 bits per heavy atom. The standard InChI is InChI=1S/C19H24N2O5S2/c1-3-26-18-9-5-4-8-17(18)20-28(24,25)19-14-16(11-10-15(19)2)21-12-6-7-13-27(21,22)23/h4-5,8-11,14,20H,3,6-7,12-13H2,1-2H3. The number of nitrogens with zero attached hydrogens (tertiary/aromatic N) is 1. The largest absolute Gasteiger partial charge is 0.492 e. The minimum Gasteiger partial charge on any atom is -0.492 e. The highest BCUT2D eigenvalue weighted by atomic mass is 32.2. The van der Waals surface area contributed by atoms with Crippen LogP contribution in [0.1, 0.15) is 25.3 Å². The first-order valence-electron chi connectivity index (χ1n) is 9.10. The highest BCUT2D eigenvalue weighted by Gasteiger charge is 2.28. The molecule has 0 bridgehead atoms. The SMILES string of the molecule is CCOc1ccccc1NS(=O)(=O)c1cc(N2CCCCS2(=O)=O)ccc1C. The van der Waals surface area contributed by atoms with Crippen molar-refractivity contribution in [3.63, 3.8) is 0 Å². The van der Waals surface area contributed by atoms with Gasteiger partial charge in [-0.25, -0.2) is 16.8 Å². The zero-order valence-electron chi connectivity index (χ0n) is 15.9. The van der Waals surface area contributed by atoms with Gasteiger partial charge in [0.25, 0.3) is 10.0 Å². The maximum absolute atomic E-state index is 13.0. The summed E-state index contributed by atoms with van der Waals surface area (Å²) in [6, 6.07) is 11.5. The second kappa shape index (κ2) is 8.00. The van der Waals surface area contributed by atoms with Crippen molar-refractivity contribution in [3.05, 3.63) is 48.0 Å². The third-order valence-corrected chi connectivity index (χ3v) is 7.91. The van der Waals surface area contributed by atoms with E-state index in [9.17, 15) is 16.8 Å². The van der Waals surface area contributed by atoms with Crippen molar-refractivity contribution in [1.82, 2.24) is 0 Å². The van der Waals surface area contributed by atoms with Gasteiger partial charge in [0.2, 0.25) is 10.0 Å². The molecule has 0 aliphatic carbocycles. The third kappa shape index (κ3) is 4.25. The van der Waals surface area contributed by atoms with Gasteiger partial charge in [0, 0.05) is 6.54 Å². The molecule has 2 aromatic rings. The molecule has 0 unspecified atom stereocenters. The predicted octanol–water partition coefficient (Wildman–Crippen LogP) is 3.12. The number of aryl methyl sites for hydroxylation is 1. The number of sulfonamides is 2. The first kappa shape index (κ1) is 20.5. The van der Waals surface area contributed by atoms with Crippen LogP contribution in [0, 0.1) is 6.92 Å². The molecule has 1 fully saturated rings. The molecule has 3 rings (SSSR count). The molecule has 0 aromatic heterocycles. The van der Waals surface area contributed by atoms with Gasteiger partial charge in [-0.3, -0.25) is 9.03 Å². The van der Waals surface area contributed by atoms with E-state index in [0.717, 1.165) is 6.42 Å². The van der Waals surface area contributed by atoms with Crippen molar-refractivity contribution in [3.8, 4) is 5.75 Å². The van der Waals surface area contributed by atoms with E-state index in [0.29, 0.717) is 42.3 Å². The summed E-state index contributed by atoms with van der Waals surface area (Å²) in [4.78, 5) is 0.0390. The van der Waals surface area contributed by atoms with Crippen LogP contribution in [0.5, 0.6) is 5.75 Å². The number of hydrogen-bond acceptors (Lipinski definition) is 5. The van der Waals surface area contributed by atoms with Gasteiger partial charge in [-0.1, -0.05) is 18.2 Å². The van der Waals surface area contributed by atoms with Crippen molar-refractivity contribution < 1.29 is 21.6 Å². The van der Waals surface area contributed by atoms with Crippen molar-refractivity contribution in [1.29, 1.82) is 0 Å². The Bertz CT molecular complexity index is 1070. The first-order chi connectivity index (χ1) is 13.2. The van der Waals surface area contributed by atoms with E-state index in [-0.39, 0.29) is 10.6 Å². The molecule has 0 atom stereocenters. The topological polar surface area (TPSA) is 92.8 Å². The summed E-state index contributed by atoms with van der Waals surface area (Å²) in [6.07, 6.45) is 1.36. The number of ether oxygens (including phenoxy) is 1. The Morgan fingerprint density at radius 2 is 1.89 bits per heavy atom. The van der Waals surface area contributed by atoms with Gasteiger partial charge in [0.1, 0.15) is 5.75 Å². The lowest BCUT2D eigenvalue weighted by molar-refractivity contribution is 0.342. The fraction of sp³-hybridized carbons (Fsp3) is 0.368. The molecule has 0 amide bonds. The zero-order valence-corrected chi connectivity index (χ0v) is 17.5. The van der Waals surface area contributed by atoms with Crippen LogP contribution in [0.4, 0.5) is 11.4 Å². The monoisotopic (exact) mass is 424 g/mol. The smallest absolute Gasteiger partial charge is 0.262 e. The van der Waals surface area contributed by atoms with Gasteiger partial charge in [0.05, 0.1) is 28.6 Å². The lowest BCUT2D eigenvalue weighted by Gasteiger charge is -2.28. The van der Waals surface area contributed by atoms with Crippen LogP contribution < -0.4 is 13.8 Å². The number of benzene rings is 2. The Kier molecular flexibility index (Phi) is 5.85. The Balaban J connectivity index is 1.99. The van der Waals surface area contributed by atoms with Gasteiger partial charge < -0.3 is 4.74 Å². The van der Waals surface area contributed by atoms with Gasteiger partial charge in [0.15, 0.2) is 0 Å². The van der Waals surface area contributed by atoms with Crippen molar-refractivity contribution in [2.24, 2.45) is 0 Å². The maximum Gasteiger partial charge on any atom is 0.262 e. The zero-order chi connectivity index (χ0) is 20.4. The molecule has 1 aliphatic rings. The first-order valence-corrected chi connectivity index (χ1v) is 12.2. The molecule has 28 heavy (non-hydrogen) atoms. The quantitative estimate of drug-likeness (QED) is 0.769. The molecule has 1 saturated heterocycles. The fourth-order valence-electron chi connectivity index (χ4n) is 3.14. The summed E-state index contributed by atoms with van der Waals surface area (Å²) in [5, 5.41) is 0. The molecule has 1 aliphatic heterocycles. The van der Waals surface area contributed by atoms with Gasteiger partial charge >= 0.3 is 0 Å². The molecule has 1 N–H and O–H groups in total. The summed E-state index contributed by atoms with van der Waals surface area (Å²) >= 11 is 0. The number of hydrogen-bond donors (Lipinski definition) is 1. The van der Waals surface area contributed by atoms with Crippen LogP contribution in [0.25, 0.3) is 0 Å². The van der Waals surface area contributed by atoms with Crippen molar-refractivity contribution in [2.75, 3.05) is 27.9 Å². The minimum absolute atomic E-state index is 0.0390. The van der Waals surface area contributed by atoms with Crippen LogP contribution in [-0.2, 0) is 20.0 Å². The van der Waals surface area contributed by atoms with Crippen molar-refractivity contribution >= 4 is 31.4 Å². The fourth-order valence-corrected chi connectivity index (χ4v) is 6.11. The molecule has 7 nitrogen and oxygen atoms in total. The summed E-state index contributed by atoms with van der Waals surface area (Å²) in [6.45, 7) is 4.25. The second-order valence-corrected chi connectivity index (χ2v) is 10.2. The Morgan fingerprint density at radius 1 is 1.14 bits per heavy atom. The molecule has 2 aromatic carbocycles. The number of rotatable bonds is 6. The number of nitrogens with one attached hydrogen (secondary N) is 1. The normalized spacial score (nSPS) is 16.6. The average Bonchev–Trinajstić information content (AvgIpc) is 2.63.